The molecule has 1 aliphatic heterocycles. The summed E-state index contributed by atoms with van der Waals surface area (Å²) >= 11 is 0. The molecule has 0 bridgehead atoms. The molecule has 0 radical (unpaired) electrons. The van der Waals surface area contributed by atoms with E-state index in [1.165, 1.54) is 4.90 Å². The Morgan fingerprint density at radius 3 is 2.53 bits per heavy atom. The Kier molecular flexibility index (Phi) is 5.75. The molecule has 4 atom stereocenters. The van der Waals surface area contributed by atoms with Crippen molar-refractivity contribution in [2.45, 2.75) is 57.7 Å². The number of nitrogens with zero attached hydrogens (tertiary/aromatic N) is 1. The molecular formula is C13H24N2O4. The molecule has 1 amide bonds. The van der Waals surface area contributed by atoms with Gasteiger partial charge in [0.05, 0.1) is 6.10 Å². The lowest BCUT2D eigenvalue weighted by atomic mass is 10.0. The van der Waals surface area contributed by atoms with Crippen LogP contribution in [0.3, 0.4) is 0 Å². The molecular weight excluding hydrogens is 248 g/mol. The maximum Gasteiger partial charge on any atom is 0.326 e. The van der Waals surface area contributed by atoms with Gasteiger partial charge in [-0.15, -0.1) is 0 Å². The Morgan fingerprint density at radius 2 is 2.00 bits per heavy atom. The lowest BCUT2D eigenvalue weighted by Gasteiger charge is -2.24. The number of nitrogens with two attached hydrogens (primary N) is 1. The Balaban J connectivity index is 2.53. The van der Waals surface area contributed by atoms with Gasteiger partial charge in [-0.25, -0.2) is 4.79 Å². The highest BCUT2D eigenvalue weighted by atomic mass is 16.4. The molecule has 0 saturated carbocycles. The number of carbonyl (C=O) groups is 2. The van der Waals surface area contributed by atoms with Crippen LogP contribution < -0.4 is 5.73 Å². The normalized spacial score (nSPS) is 26.2. The van der Waals surface area contributed by atoms with E-state index < -0.39 is 18.1 Å². The predicted octanol–water partition coefficient (Wildman–Crippen LogP) is 0.186. The van der Waals surface area contributed by atoms with E-state index >= 15 is 0 Å². The molecule has 1 saturated heterocycles. The van der Waals surface area contributed by atoms with Gasteiger partial charge < -0.3 is 20.8 Å². The number of aliphatic hydroxyl groups is 1. The van der Waals surface area contributed by atoms with Crippen LogP contribution in [-0.4, -0.2) is 51.7 Å². The summed E-state index contributed by atoms with van der Waals surface area (Å²) in [7, 11) is 0. The van der Waals surface area contributed by atoms with Gasteiger partial charge in [0, 0.05) is 24.9 Å². The fraction of sp³-hybridized carbons (Fsp3) is 0.846. The Bertz CT molecular complexity index is 333. The van der Waals surface area contributed by atoms with E-state index in [1.54, 1.807) is 6.92 Å². The molecule has 2 unspecified atom stereocenters. The van der Waals surface area contributed by atoms with E-state index in [9.17, 15) is 14.7 Å². The summed E-state index contributed by atoms with van der Waals surface area (Å²) in [5, 5.41) is 18.6. The summed E-state index contributed by atoms with van der Waals surface area (Å²) in [6.45, 7) is 3.84. The lowest BCUT2D eigenvalue weighted by molar-refractivity contribution is -0.149. The number of aliphatic hydroxyl groups excluding tert-OH is 1. The van der Waals surface area contributed by atoms with Crippen LogP contribution in [0.2, 0.25) is 0 Å². The second-order valence-corrected chi connectivity index (χ2v) is 5.54. The molecule has 0 spiro atoms. The number of carboxylic acids is 1. The van der Waals surface area contributed by atoms with Crippen molar-refractivity contribution >= 4 is 11.9 Å². The number of likely N-dealkylation sites (tertiary alicyclic amines) is 1. The quantitative estimate of drug-likeness (QED) is 0.640. The number of carboxylic acid groups (broad SMARTS) is 1. The first-order valence-electron chi connectivity index (χ1n) is 6.79. The van der Waals surface area contributed by atoms with E-state index in [0.29, 0.717) is 6.42 Å². The summed E-state index contributed by atoms with van der Waals surface area (Å²) in [5.74, 6) is -1.47. The zero-order valence-electron chi connectivity index (χ0n) is 11.6. The molecule has 1 aliphatic rings. The molecule has 0 aliphatic carbocycles. The van der Waals surface area contributed by atoms with Crippen molar-refractivity contribution in [1.29, 1.82) is 0 Å². The van der Waals surface area contributed by atoms with Crippen LogP contribution in [0.15, 0.2) is 0 Å². The first kappa shape index (κ1) is 15.9. The largest absolute Gasteiger partial charge is 0.480 e. The van der Waals surface area contributed by atoms with Crippen LogP contribution in [0.25, 0.3) is 0 Å². The Hall–Kier alpha value is -1.14. The molecule has 0 aromatic carbocycles. The summed E-state index contributed by atoms with van der Waals surface area (Å²) < 4.78 is 0. The van der Waals surface area contributed by atoms with Crippen molar-refractivity contribution in [1.82, 2.24) is 4.90 Å². The standard InChI is InChI=1S/C13H24N2O4/c1-8(4-3-5-9(2)14)12(17)15-7-10(16)6-11(15)13(18)19/h8-11,16H,3-7,14H2,1-2H3,(H,18,19)/t8?,9?,10-,11-/m1/s1. The number of aliphatic carboxylic acids is 1. The maximum absolute atomic E-state index is 12.2. The highest BCUT2D eigenvalue weighted by Gasteiger charge is 2.39. The predicted molar refractivity (Wildman–Crippen MR) is 70.4 cm³/mol. The first-order valence-corrected chi connectivity index (χ1v) is 6.79. The SMILES string of the molecule is CC(N)CCCC(C)C(=O)N1C[C@H](O)C[C@@H]1C(=O)O. The zero-order valence-corrected chi connectivity index (χ0v) is 11.6. The van der Waals surface area contributed by atoms with Crippen LogP contribution in [0.1, 0.15) is 39.5 Å². The van der Waals surface area contributed by atoms with Crippen LogP contribution in [0.4, 0.5) is 0 Å². The number of hydrogen-bond donors (Lipinski definition) is 3. The number of hydrogen-bond acceptors (Lipinski definition) is 4. The minimum atomic E-state index is -1.05. The second-order valence-electron chi connectivity index (χ2n) is 5.54. The van der Waals surface area contributed by atoms with Crippen LogP contribution in [0, 0.1) is 5.92 Å². The van der Waals surface area contributed by atoms with Crippen LogP contribution in [-0.2, 0) is 9.59 Å². The van der Waals surface area contributed by atoms with Gasteiger partial charge in [-0.2, -0.15) is 0 Å². The molecule has 110 valence electrons. The molecule has 6 nitrogen and oxygen atoms in total. The smallest absolute Gasteiger partial charge is 0.326 e. The molecule has 0 aromatic heterocycles. The van der Waals surface area contributed by atoms with Crippen molar-refractivity contribution < 1.29 is 19.8 Å². The van der Waals surface area contributed by atoms with Crippen molar-refractivity contribution in [2.75, 3.05) is 6.54 Å². The van der Waals surface area contributed by atoms with Gasteiger partial charge >= 0.3 is 5.97 Å². The second kappa shape index (κ2) is 6.86. The molecule has 19 heavy (non-hydrogen) atoms. The average molecular weight is 272 g/mol. The van der Waals surface area contributed by atoms with Crippen LogP contribution in [0.5, 0.6) is 0 Å². The number of β-amino-alcohol motifs (C(OH)–C–C–N with tert-alkyl or cyclic N) is 1. The monoisotopic (exact) mass is 272 g/mol. The van der Waals surface area contributed by atoms with E-state index in [-0.39, 0.29) is 30.8 Å². The third-order valence-corrected chi connectivity index (χ3v) is 3.57. The van der Waals surface area contributed by atoms with Gasteiger partial charge in [0.15, 0.2) is 0 Å². The summed E-state index contributed by atoms with van der Waals surface area (Å²) in [5.41, 5.74) is 5.65. The number of carbonyl (C=O) groups excluding carboxylic acids is 1. The molecule has 0 aromatic rings. The van der Waals surface area contributed by atoms with Gasteiger partial charge in [-0.05, 0) is 19.8 Å². The van der Waals surface area contributed by atoms with Gasteiger partial charge in [-0.1, -0.05) is 13.3 Å². The summed E-state index contributed by atoms with van der Waals surface area (Å²) in [4.78, 5) is 24.6. The van der Waals surface area contributed by atoms with E-state index in [2.05, 4.69) is 0 Å². The van der Waals surface area contributed by atoms with Gasteiger partial charge in [0.2, 0.25) is 5.91 Å². The molecule has 6 heteroatoms. The Morgan fingerprint density at radius 1 is 1.37 bits per heavy atom. The van der Waals surface area contributed by atoms with Crippen LogP contribution >= 0.6 is 0 Å². The summed E-state index contributed by atoms with van der Waals surface area (Å²) in [6.07, 6.45) is 1.77. The van der Waals surface area contributed by atoms with E-state index in [0.717, 1.165) is 12.8 Å². The minimum absolute atomic E-state index is 0.114. The first-order chi connectivity index (χ1) is 8.82. The van der Waals surface area contributed by atoms with Crippen molar-refractivity contribution in [3.63, 3.8) is 0 Å². The molecule has 4 N–H and O–H groups in total. The summed E-state index contributed by atoms with van der Waals surface area (Å²) in [6, 6.07) is -0.777. The third-order valence-electron chi connectivity index (χ3n) is 3.57. The highest BCUT2D eigenvalue weighted by molar-refractivity contribution is 5.85. The molecule has 1 fully saturated rings. The van der Waals surface area contributed by atoms with Crippen molar-refractivity contribution in [2.24, 2.45) is 11.7 Å². The van der Waals surface area contributed by atoms with Crippen molar-refractivity contribution in [3.05, 3.63) is 0 Å². The van der Waals surface area contributed by atoms with Gasteiger partial charge in [0.1, 0.15) is 6.04 Å². The number of amides is 1. The Labute approximate surface area is 113 Å². The lowest BCUT2D eigenvalue weighted by Crippen LogP contribution is -2.43. The van der Waals surface area contributed by atoms with Gasteiger partial charge in [-0.3, -0.25) is 4.79 Å². The van der Waals surface area contributed by atoms with Crippen molar-refractivity contribution in [3.8, 4) is 0 Å². The number of rotatable bonds is 6. The molecule has 1 rings (SSSR count). The minimum Gasteiger partial charge on any atom is -0.480 e. The fourth-order valence-corrected chi connectivity index (χ4v) is 2.44. The maximum atomic E-state index is 12.2. The fourth-order valence-electron chi connectivity index (χ4n) is 2.44. The zero-order chi connectivity index (χ0) is 14.6. The van der Waals surface area contributed by atoms with Gasteiger partial charge in [0.25, 0.3) is 0 Å². The topological polar surface area (TPSA) is 104 Å². The molecule has 1 heterocycles. The third kappa shape index (κ3) is 4.47. The van der Waals surface area contributed by atoms with E-state index in [1.807, 2.05) is 6.92 Å². The van der Waals surface area contributed by atoms with E-state index in [4.69, 9.17) is 10.8 Å². The highest BCUT2D eigenvalue weighted by Crippen LogP contribution is 2.22. The average Bonchev–Trinajstić information content (AvgIpc) is 2.69.